The summed E-state index contributed by atoms with van der Waals surface area (Å²) in [4.78, 5) is 16.3. The molecule has 1 amide bonds. The molecule has 144 valence electrons. The fourth-order valence-corrected chi connectivity index (χ4v) is 2.95. The lowest BCUT2D eigenvalue weighted by atomic mass is 10.2. The lowest BCUT2D eigenvalue weighted by Crippen LogP contribution is -2.29. The molecule has 4 aromatic rings. The van der Waals surface area contributed by atoms with Gasteiger partial charge in [0.25, 0.3) is 5.91 Å². The van der Waals surface area contributed by atoms with Crippen LogP contribution in [0.5, 0.6) is 0 Å². The van der Waals surface area contributed by atoms with Crippen LogP contribution in [0.3, 0.4) is 0 Å². The van der Waals surface area contributed by atoms with Crippen molar-refractivity contribution in [1.29, 1.82) is 0 Å². The number of carbonyl (C=O) groups is 1. The molecule has 1 heterocycles. The van der Waals surface area contributed by atoms with Gasteiger partial charge in [0.05, 0.1) is 12.2 Å². The topological polar surface area (TPSA) is 97.9 Å². The van der Waals surface area contributed by atoms with Gasteiger partial charge in [0.15, 0.2) is 11.6 Å². The highest BCUT2D eigenvalue weighted by Crippen LogP contribution is 2.19. The highest BCUT2D eigenvalue weighted by molar-refractivity contribution is 5.94. The number of para-hydroxylation sites is 1. The van der Waals surface area contributed by atoms with Crippen LogP contribution in [0.2, 0.25) is 0 Å². The first-order valence-corrected chi connectivity index (χ1v) is 9.16. The standard InChI is InChI=1S/C22H20N6O/c23-26-22(29)17-11-13-18(14-12-17)24-15-20-25-21(16-7-3-1-4-8-16)27-28(20)19-9-5-2-6-10-19/h1-14,24H,15,23H2,(H,26,29). The van der Waals surface area contributed by atoms with Crippen LogP contribution in [0.1, 0.15) is 16.2 Å². The Morgan fingerprint density at radius 1 is 0.897 bits per heavy atom. The number of aromatic nitrogens is 3. The molecule has 4 rings (SSSR count). The second-order valence-corrected chi connectivity index (χ2v) is 6.37. The minimum absolute atomic E-state index is 0.326. The van der Waals surface area contributed by atoms with Crippen molar-refractivity contribution in [3.8, 4) is 17.1 Å². The summed E-state index contributed by atoms with van der Waals surface area (Å²) in [5, 5.41) is 8.04. The van der Waals surface area contributed by atoms with Gasteiger partial charge in [-0.2, -0.15) is 0 Å². The molecule has 0 aliphatic carbocycles. The summed E-state index contributed by atoms with van der Waals surface area (Å²) in [6.07, 6.45) is 0. The second kappa shape index (κ2) is 8.37. The first-order valence-electron chi connectivity index (χ1n) is 9.16. The molecule has 3 aromatic carbocycles. The number of nitrogens with one attached hydrogen (secondary N) is 2. The lowest BCUT2D eigenvalue weighted by Gasteiger charge is -2.09. The number of anilines is 1. The van der Waals surface area contributed by atoms with Crippen LogP contribution in [-0.2, 0) is 6.54 Å². The summed E-state index contributed by atoms with van der Waals surface area (Å²) in [5.41, 5.74) is 5.38. The number of hydrogen-bond donors (Lipinski definition) is 3. The maximum Gasteiger partial charge on any atom is 0.265 e. The van der Waals surface area contributed by atoms with E-state index in [-0.39, 0.29) is 5.91 Å². The summed E-state index contributed by atoms with van der Waals surface area (Å²) >= 11 is 0. The number of rotatable bonds is 6. The molecular weight excluding hydrogens is 364 g/mol. The maximum atomic E-state index is 11.6. The maximum absolute atomic E-state index is 11.6. The fourth-order valence-electron chi connectivity index (χ4n) is 2.95. The first-order chi connectivity index (χ1) is 14.2. The van der Waals surface area contributed by atoms with Crippen LogP contribution in [0.15, 0.2) is 84.9 Å². The van der Waals surface area contributed by atoms with Crippen LogP contribution in [0.4, 0.5) is 5.69 Å². The van der Waals surface area contributed by atoms with E-state index in [0.717, 1.165) is 22.8 Å². The first kappa shape index (κ1) is 18.4. The normalized spacial score (nSPS) is 10.5. The number of hydrazine groups is 1. The van der Waals surface area contributed by atoms with Crippen LogP contribution in [0, 0.1) is 0 Å². The summed E-state index contributed by atoms with van der Waals surface area (Å²) in [7, 11) is 0. The molecule has 1 aromatic heterocycles. The summed E-state index contributed by atoms with van der Waals surface area (Å²) < 4.78 is 1.84. The zero-order valence-electron chi connectivity index (χ0n) is 15.6. The number of nitrogens with two attached hydrogens (primary N) is 1. The number of carbonyl (C=O) groups excluding carboxylic acids is 1. The highest BCUT2D eigenvalue weighted by atomic mass is 16.2. The van der Waals surface area contributed by atoms with Crippen LogP contribution >= 0.6 is 0 Å². The molecule has 29 heavy (non-hydrogen) atoms. The summed E-state index contributed by atoms with van der Waals surface area (Å²) in [6, 6.07) is 26.8. The zero-order valence-corrected chi connectivity index (χ0v) is 15.6. The van der Waals surface area contributed by atoms with E-state index in [1.807, 2.05) is 77.5 Å². The molecule has 0 spiro atoms. The highest BCUT2D eigenvalue weighted by Gasteiger charge is 2.13. The lowest BCUT2D eigenvalue weighted by molar-refractivity contribution is 0.0953. The number of benzene rings is 3. The summed E-state index contributed by atoms with van der Waals surface area (Å²) in [5.74, 6) is 6.28. The Balaban J connectivity index is 1.60. The Kier molecular flexibility index (Phi) is 5.31. The van der Waals surface area contributed by atoms with Crippen LogP contribution < -0.4 is 16.6 Å². The number of hydrogen-bond acceptors (Lipinski definition) is 5. The second-order valence-electron chi connectivity index (χ2n) is 6.37. The van der Waals surface area contributed by atoms with Gasteiger partial charge in [0.2, 0.25) is 0 Å². The van der Waals surface area contributed by atoms with Gasteiger partial charge in [-0.05, 0) is 36.4 Å². The van der Waals surface area contributed by atoms with E-state index in [2.05, 4.69) is 10.7 Å². The van der Waals surface area contributed by atoms with E-state index >= 15 is 0 Å². The van der Waals surface area contributed by atoms with Crippen LogP contribution in [-0.4, -0.2) is 20.7 Å². The molecule has 0 fully saturated rings. The predicted molar refractivity (Wildman–Crippen MR) is 112 cm³/mol. The largest absolute Gasteiger partial charge is 0.378 e. The molecule has 7 nitrogen and oxygen atoms in total. The predicted octanol–water partition coefficient (Wildman–Crippen LogP) is 3.15. The van der Waals surface area contributed by atoms with Crippen molar-refractivity contribution in [2.45, 2.75) is 6.54 Å². The Bertz CT molecular complexity index is 1090. The van der Waals surface area contributed by atoms with Gasteiger partial charge >= 0.3 is 0 Å². The molecular formula is C22H20N6O. The third-order valence-corrected chi connectivity index (χ3v) is 4.44. The Morgan fingerprint density at radius 3 is 2.21 bits per heavy atom. The van der Waals surface area contributed by atoms with Crippen LogP contribution in [0.25, 0.3) is 17.1 Å². The molecule has 0 aliphatic rings. The third-order valence-electron chi connectivity index (χ3n) is 4.44. The van der Waals surface area contributed by atoms with Crippen molar-refractivity contribution < 1.29 is 4.79 Å². The molecule has 0 aliphatic heterocycles. The van der Waals surface area contributed by atoms with Crippen molar-refractivity contribution in [2.75, 3.05) is 5.32 Å². The molecule has 0 atom stereocenters. The van der Waals surface area contributed by atoms with E-state index < -0.39 is 0 Å². The molecule has 0 unspecified atom stereocenters. The molecule has 7 heteroatoms. The van der Waals surface area contributed by atoms with Gasteiger partial charge in [0, 0.05) is 16.8 Å². The Hall–Kier alpha value is -3.97. The SMILES string of the molecule is NNC(=O)c1ccc(NCc2nc(-c3ccccc3)nn2-c2ccccc2)cc1. The van der Waals surface area contributed by atoms with Gasteiger partial charge in [-0.1, -0.05) is 48.5 Å². The van der Waals surface area contributed by atoms with Crippen molar-refractivity contribution in [2.24, 2.45) is 5.84 Å². The average Bonchev–Trinajstić information content (AvgIpc) is 3.23. The van der Waals surface area contributed by atoms with Crippen molar-refractivity contribution in [3.05, 3.63) is 96.3 Å². The Morgan fingerprint density at radius 2 is 1.55 bits per heavy atom. The number of nitrogen functional groups attached to an aromatic ring is 1. The van der Waals surface area contributed by atoms with Crippen molar-refractivity contribution >= 4 is 11.6 Å². The molecule has 0 bridgehead atoms. The summed E-state index contributed by atoms with van der Waals surface area (Å²) in [6.45, 7) is 0.469. The van der Waals surface area contributed by atoms with E-state index in [9.17, 15) is 4.79 Å². The molecule has 0 saturated carbocycles. The van der Waals surface area contributed by atoms with E-state index in [1.165, 1.54) is 0 Å². The van der Waals surface area contributed by atoms with E-state index in [1.54, 1.807) is 12.1 Å². The molecule has 4 N–H and O–H groups in total. The quantitative estimate of drug-likeness (QED) is 0.269. The van der Waals surface area contributed by atoms with Gasteiger partial charge in [0.1, 0.15) is 0 Å². The van der Waals surface area contributed by atoms with Gasteiger partial charge in [-0.3, -0.25) is 10.2 Å². The van der Waals surface area contributed by atoms with E-state index in [4.69, 9.17) is 15.9 Å². The average molecular weight is 384 g/mol. The van der Waals surface area contributed by atoms with Crippen molar-refractivity contribution in [1.82, 2.24) is 20.2 Å². The zero-order chi connectivity index (χ0) is 20.1. The van der Waals surface area contributed by atoms with Gasteiger partial charge in [-0.25, -0.2) is 15.5 Å². The van der Waals surface area contributed by atoms with Crippen molar-refractivity contribution in [3.63, 3.8) is 0 Å². The van der Waals surface area contributed by atoms with Gasteiger partial charge in [-0.15, -0.1) is 5.10 Å². The third kappa shape index (κ3) is 4.15. The minimum atomic E-state index is -0.326. The molecule has 0 radical (unpaired) electrons. The van der Waals surface area contributed by atoms with Gasteiger partial charge < -0.3 is 5.32 Å². The number of nitrogens with zero attached hydrogens (tertiary/aromatic N) is 3. The monoisotopic (exact) mass is 384 g/mol. The minimum Gasteiger partial charge on any atom is -0.378 e. The molecule has 0 saturated heterocycles. The Labute approximate surface area is 168 Å². The fraction of sp³-hybridized carbons (Fsp3) is 0.0455. The number of amides is 1. The van der Waals surface area contributed by atoms with E-state index in [0.29, 0.717) is 17.9 Å². The smallest absolute Gasteiger partial charge is 0.265 e.